The van der Waals surface area contributed by atoms with E-state index in [0.29, 0.717) is 17.3 Å². The molecule has 0 aliphatic carbocycles. The van der Waals surface area contributed by atoms with E-state index in [-0.39, 0.29) is 5.91 Å². The van der Waals surface area contributed by atoms with Gasteiger partial charge in [-0.1, -0.05) is 0 Å². The zero-order valence-electron chi connectivity index (χ0n) is 14.7. The van der Waals surface area contributed by atoms with E-state index in [2.05, 4.69) is 25.3 Å². The zero-order valence-corrected chi connectivity index (χ0v) is 14.7. The number of anilines is 2. The molecule has 134 valence electrons. The minimum Gasteiger partial charge on any atom is -0.369 e. The van der Waals surface area contributed by atoms with E-state index < -0.39 is 0 Å². The minimum absolute atomic E-state index is 0.182. The Hall–Kier alpha value is -3.16. The third kappa shape index (κ3) is 3.30. The predicted molar refractivity (Wildman–Crippen MR) is 98.6 cm³/mol. The maximum atomic E-state index is 12.3. The summed E-state index contributed by atoms with van der Waals surface area (Å²) in [5.41, 5.74) is 2.22. The molecule has 1 N–H and O–H groups in total. The van der Waals surface area contributed by atoms with Gasteiger partial charge in [0, 0.05) is 26.3 Å². The maximum Gasteiger partial charge on any atom is 0.272 e. The number of piperidine rings is 1. The number of aromatic nitrogens is 5. The van der Waals surface area contributed by atoms with Crippen LogP contribution in [0.4, 0.5) is 11.4 Å². The summed E-state index contributed by atoms with van der Waals surface area (Å²) < 4.78 is 3.32. The van der Waals surface area contributed by atoms with Gasteiger partial charge in [-0.25, -0.2) is 14.6 Å². The van der Waals surface area contributed by atoms with Gasteiger partial charge in [0.05, 0.1) is 36.2 Å². The van der Waals surface area contributed by atoms with Crippen LogP contribution >= 0.6 is 0 Å². The zero-order chi connectivity index (χ0) is 17.9. The SMILES string of the molecule is Cn1cccc1C(=O)Nc1cnn(-c2ncc(N3CCCCC3)cn2)c1. The second kappa shape index (κ2) is 6.99. The largest absolute Gasteiger partial charge is 0.369 e. The van der Waals surface area contributed by atoms with Gasteiger partial charge in [0.1, 0.15) is 5.69 Å². The highest BCUT2D eigenvalue weighted by molar-refractivity contribution is 6.03. The highest BCUT2D eigenvalue weighted by Crippen LogP contribution is 2.18. The van der Waals surface area contributed by atoms with Gasteiger partial charge in [0.2, 0.25) is 0 Å². The van der Waals surface area contributed by atoms with Crippen molar-refractivity contribution in [3.05, 3.63) is 48.8 Å². The van der Waals surface area contributed by atoms with Crippen molar-refractivity contribution >= 4 is 17.3 Å². The van der Waals surface area contributed by atoms with Gasteiger partial charge < -0.3 is 14.8 Å². The van der Waals surface area contributed by atoms with Gasteiger partial charge in [-0.15, -0.1) is 0 Å². The second-order valence-corrected chi connectivity index (χ2v) is 6.42. The standard InChI is InChI=1S/C18H21N7O/c1-23-7-5-6-16(23)17(26)22-14-10-21-25(13-14)18-19-11-15(12-20-18)24-8-3-2-4-9-24/h5-7,10-13H,2-4,8-9H2,1H3,(H,22,26). The Morgan fingerprint density at radius 3 is 2.58 bits per heavy atom. The number of carbonyl (C=O) groups excluding carboxylic acids is 1. The highest BCUT2D eigenvalue weighted by Gasteiger charge is 2.13. The molecule has 0 unspecified atom stereocenters. The molecule has 0 atom stereocenters. The van der Waals surface area contributed by atoms with Gasteiger partial charge in [-0.05, 0) is 31.4 Å². The van der Waals surface area contributed by atoms with Gasteiger partial charge >= 0.3 is 0 Å². The summed E-state index contributed by atoms with van der Waals surface area (Å²) in [6.45, 7) is 2.11. The van der Waals surface area contributed by atoms with E-state index in [4.69, 9.17) is 0 Å². The average Bonchev–Trinajstić information content (AvgIpc) is 3.31. The fraction of sp³-hybridized carbons (Fsp3) is 0.333. The van der Waals surface area contributed by atoms with E-state index in [9.17, 15) is 4.79 Å². The molecule has 3 aromatic rings. The van der Waals surface area contributed by atoms with E-state index in [0.717, 1.165) is 18.8 Å². The van der Waals surface area contributed by atoms with Crippen molar-refractivity contribution in [3.8, 4) is 5.95 Å². The first-order valence-corrected chi connectivity index (χ1v) is 8.75. The van der Waals surface area contributed by atoms with Crippen molar-refractivity contribution in [1.82, 2.24) is 24.3 Å². The molecule has 1 aliphatic heterocycles. The van der Waals surface area contributed by atoms with E-state index in [1.54, 1.807) is 27.7 Å². The number of carbonyl (C=O) groups is 1. The lowest BCUT2D eigenvalue weighted by Gasteiger charge is -2.28. The summed E-state index contributed by atoms with van der Waals surface area (Å²) in [5.74, 6) is 0.295. The van der Waals surface area contributed by atoms with Crippen molar-refractivity contribution in [2.45, 2.75) is 19.3 Å². The van der Waals surface area contributed by atoms with Crippen LogP contribution in [0.25, 0.3) is 5.95 Å². The topological polar surface area (TPSA) is 80.9 Å². The number of nitrogens with zero attached hydrogens (tertiary/aromatic N) is 6. The monoisotopic (exact) mass is 351 g/mol. The predicted octanol–water partition coefficient (Wildman–Crippen LogP) is 2.24. The quantitative estimate of drug-likeness (QED) is 0.780. The lowest BCUT2D eigenvalue weighted by Crippen LogP contribution is -2.29. The third-order valence-electron chi connectivity index (χ3n) is 4.57. The van der Waals surface area contributed by atoms with Crippen LogP contribution in [-0.2, 0) is 7.05 Å². The summed E-state index contributed by atoms with van der Waals surface area (Å²) >= 11 is 0. The van der Waals surface area contributed by atoms with E-state index in [1.807, 2.05) is 31.7 Å². The van der Waals surface area contributed by atoms with Crippen LogP contribution in [0.5, 0.6) is 0 Å². The molecule has 0 aromatic carbocycles. The molecule has 0 radical (unpaired) electrons. The minimum atomic E-state index is -0.182. The van der Waals surface area contributed by atoms with Crippen LogP contribution in [0.15, 0.2) is 43.1 Å². The Morgan fingerprint density at radius 2 is 1.88 bits per heavy atom. The summed E-state index contributed by atoms with van der Waals surface area (Å²) in [4.78, 5) is 23.4. The molecule has 4 rings (SSSR count). The highest BCUT2D eigenvalue weighted by atomic mass is 16.1. The van der Waals surface area contributed by atoms with E-state index >= 15 is 0 Å². The smallest absolute Gasteiger partial charge is 0.272 e. The van der Waals surface area contributed by atoms with Crippen LogP contribution in [0.1, 0.15) is 29.8 Å². The molecule has 8 heteroatoms. The third-order valence-corrected chi connectivity index (χ3v) is 4.57. The van der Waals surface area contributed by atoms with Crippen molar-refractivity contribution in [2.75, 3.05) is 23.3 Å². The molecule has 0 bridgehead atoms. The fourth-order valence-electron chi connectivity index (χ4n) is 3.14. The first kappa shape index (κ1) is 16.3. The Bertz CT molecular complexity index is 890. The summed E-state index contributed by atoms with van der Waals surface area (Å²) in [6.07, 6.45) is 12.5. The average molecular weight is 351 g/mol. The van der Waals surface area contributed by atoms with Crippen molar-refractivity contribution in [3.63, 3.8) is 0 Å². The first-order valence-electron chi connectivity index (χ1n) is 8.75. The Kier molecular flexibility index (Phi) is 4.39. The Balaban J connectivity index is 1.45. The number of aryl methyl sites for hydroxylation is 1. The van der Waals surface area contributed by atoms with Gasteiger partial charge in [0.25, 0.3) is 11.9 Å². The lowest BCUT2D eigenvalue weighted by molar-refractivity contribution is 0.101. The van der Waals surface area contributed by atoms with Gasteiger partial charge in [-0.3, -0.25) is 4.79 Å². The van der Waals surface area contributed by atoms with Crippen molar-refractivity contribution < 1.29 is 4.79 Å². The molecule has 1 fully saturated rings. The van der Waals surface area contributed by atoms with Crippen LogP contribution in [0.2, 0.25) is 0 Å². The molecule has 1 aliphatic rings. The molecule has 1 saturated heterocycles. The molecule has 3 aromatic heterocycles. The molecule has 4 heterocycles. The molecule has 0 saturated carbocycles. The van der Waals surface area contributed by atoms with Crippen molar-refractivity contribution in [2.24, 2.45) is 7.05 Å². The first-order chi connectivity index (χ1) is 12.7. The fourth-order valence-corrected chi connectivity index (χ4v) is 3.14. The lowest BCUT2D eigenvalue weighted by atomic mass is 10.1. The number of amides is 1. The van der Waals surface area contributed by atoms with Crippen LogP contribution in [0.3, 0.4) is 0 Å². The van der Waals surface area contributed by atoms with Crippen LogP contribution in [-0.4, -0.2) is 43.3 Å². The van der Waals surface area contributed by atoms with Crippen LogP contribution in [0, 0.1) is 0 Å². The molecular weight excluding hydrogens is 330 g/mol. The van der Waals surface area contributed by atoms with Gasteiger partial charge in [0.15, 0.2) is 0 Å². The number of hydrogen-bond donors (Lipinski definition) is 1. The molecule has 0 spiro atoms. The molecule has 1 amide bonds. The van der Waals surface area contributed by atoms with E-state index in [1.165, 1.54) is 19.3 Å². The van der Waals surface area contributed by atoms with Gasteiger partial charge in [-0.2, -0.15) is 5.10 Å². The van der Waals surface area contributed by atoms with Crippen LogP contribution < -0.4 is 10.2 Å². The summed E-state index contributed by atoms with van der Waals surface area (Å²) in [5, 5.41) is 7.07. The molecular formula is C18H21N7O. The number of hydrogen-bond acceptors (Lipinski definition) is 5. The number of nitrogens with one attached hydrogen (secondary N) is 1. The number of rotatable bonds is 4. The van der Waals surface area contributed by atoms with Crippen molar-refractivity contribution in [1.29, 1.82) is 0 Å². The molecule has 26 heavy (non-hydrogen) atoms. The summed E-state index contributed by atoms with van der Waals surface area (Å²) in [7, 11) is 1.83. The normalized spacial score (nSPS) is 14.4. The Labute approximate surface area is 151 Å². The molecule has 8 nitrogen and oxygen atoms in total. The summed E-state index contributed by atoms with van der Waals surface area (Å²) in [6, 6.07) is 3.60. The maximum absolute atomic E-state index is 12.3. The Morgan fingerprint density at radius 1 is 1.12 bits per heavy atom. The second-order valence-electron chi connectivity index (χ2n) is 6.42.